The van der Waals surface area contributed by atoms with Gasteiger partial charge in [-0.3, -0.25) is 0 Å². The normalized spacial score (nSPS) is 15.7. The molecular weight excluding hydrogens is 316 g/mol. The first-order chi connectivity index (χ1) is 10.0. The molecule has 0 saturated carbocycles. The molecule has 1 aliphatic rings. The zero-order chi connectivity index (χ0) is 15.0. The summed E-state index contributed by atoms with van der Waals surface area (Å²) in [5.74, 6) is 1.01. The number of hydrogen-bond acceptors (Lipinski definition) is 5. The molecule has 2 heterocycles. The quantitative estimate of drug-likeness (QED) is 0.862. The van der Waals surface area contributed by atoms with Crippen LogP contribution in [0.3, 0.4) is 0 Å². The van der Waals surface area contributed by atoms with Crippen LogP contribution in [0.5, 0.6) is 5.75 Å². The Bertz CT molecular complexity index is 772. The lowest BCUT2D eigenvalue weighted by Gasteiger charge is -2.25. The van der Waals surface area contributed by atoms with Crippen molar-refractivity contribution in [2.75, 3.05) is 13.7 Å². The van der Waals surface area contributed by atoms with Crippen molar-refractivity contribution >= 4 is 21.6 Å². The lowest BCUT2D eigenvalue weighted by Crippen LogP contribution is -2.35. The first-order valence-electron chi connectivity index (χ1n) is 6.28. The monoisotopic (exact) mass is 328 g/mol. The summed E-state index contributed by atoms with van der Waals surface area (Å²) in [6.45, 7) is 0.566. The summed E-state index contributed by atoms with van der Waals surface area (Å²) in [4.78, 5) is 0.0670. The van der Waals surface area contributed by atoms with Crippen LogP contribution in [0.1, 0.15) is 11.3 Å². The van der Waals surface area contributed by atoms with Crippen molar-refractivity contribution in [1.82, 2.24) is 9.46 Å². The van der Waals surface area contributed by atoms with Crippen molar-refractivity contribution in [3.05, 3.63) is 40.7 Å². The molecule has 0 atom stereocenters. The second-order valence-electron chi connectivity index (χ2n) is 4.66. The molecule has 1 aliphatic heterocycles. The molecule has 0 unspecified atom stereocenters. The van der Waals surface area contributed by atoms with Crippen molar-refractivity contribution in [3.63, 3.8) is 0 Å². The van der Waals surface area contributed by atoms with Crippen LogP contribution in [0.2, 0.25) is 5.02 Å². The summed E-state index contributed by atoms with van der Waals surface area (Å²) >= 11 is 5.92. The van der Waals surface area contributed by atoms with Crippen LogP contribution < -0.4 is 4.74 Å². The van der Waals surface area contributed by atoms with Gasteiger partial charge in [-0.1, -0.05) is 16.8 Å². The molecule has 8 heteroatoms. The van der Waals surface area contributed by atoms with Crippen LogP contribution in [-0.4, -0.2) is 31.5 Å². The fourth-order valence-electron chi connectivity index (χ4n) is 2.31. The van der Waals surface area contributed by atoms with E-state index < -0.39 is 10.0 Å². The average molecular weight is 329 g/mol. The highest BCUT2D eigenvalue weighted by atomic mass is 35.5. The molecule has 1 aromatic heterocycles. The first-order valence-corrected chi connectivity index (χ1v) is 8.10. The predicted molar refractivity (Wildman–Crippen MR) is 75.8 cm³/mol. The maximum absolute atomic E-state index is 12.8. The minimum atomic E-state index is -3.69. The molecular formula is C13H13ClN2O4S. The van der Waals surface area contributed by atoms with E-state index in [0.29, 0.717) is 18.0 Å². The van der Waals surface area contributed by atoms with Gasteiger partial charge in [-0.25, -0.2) is 8.42 Å². The Morgan fingerprint density at radius 1 is 1.43 bits per heavy atom. The van der Waals surface area contributed by atoms with Crippen LogP contribution in [0, 0.1) is 0 Å². The van der Waals surface area contributed by atoms with E-state index in [2.05, 4.69) is 5.16 Å². The molecule has 0 aliphatic carbocycles. The molecule has 0 fully saturated rings. The number of halogens is 1. The molecule has 21 heavy (non-hydrogen) atoms. The van der Waals surface area contributed by atoms with Crippen LogP contribution in [-0.2, 0) is 23.0 Å². The maximum Gasteiger partial charge on any atom is 0.247 e. The largest absolute Gasteiger partial charge is 0.495 e. The van der Waals surface area contributed by atoms with E-state index in [-0.39, 0.29) is 17.2 Å². The van der Waals surface area contributed by atoms with Gasteiger partial charge in [-0.2, -0.15) is 4.31 Å². The number of nitrogens with zero attached hydrogens (tertiary/aromatic N) is 2. The fourth-order valence-corrected chi connectivity index (χ4v) is 4.15. The molecule has 112 valence electrons. The topological polar surface area (TPSA) is 72.6 Å². The number of fused-ring (bicyclic) bond motifs is 1. The van der Waals surface area contributed by atoms with Crippen LogP contribution in [0.4, 0.5) is 0 Å². The number of hydrogen-bond donors (Lipinski definition) is 0. The van der Waals surface area contributed by atoms with Gasteiger partial charge in [0.25, 0.3) is 0 Å². The van der Waals surface area contributed by atoms with Gasteiger partial charge in [0.2, 0.25) is 10.0 Å². The van der Waals surface area contributed by atoms with E-state index in [1.165, 1.54) is 17.5 Å². The Morgan fingerprint density at radius 2 is 2.24 bits per heavy atom. The smallest absolute Gasteiger partial charge is 0.247 e. The zero-order valence-corrected chi connectivity index (χ0v) is 12.8. The second kappa shape index (κ2) is 5.32. The number of rotatable bonds is 3. The second-order valence-corrected chi connectivity index (χ2v) is 7.00. The van der Waals surface area contributed by atoms with Crippen LogP contribution in [0.25, 0.3) is 0 Å². The van der Waals surface area contributed by atoms with Crippen LogP contribution >= 0.6 is 11.6 Å². The minimum Gasteiger partial charge on any atom is -0.495 e. The minimum absolute atomic E-state index is 0.0670. The van der Waals surface area contributed by atoms with Gasteiger partial charge >= 0.3 is 0 Å². The number of methoxy groups -OCH3 is 1. The first kappa shape index (κ1) is 14.4. The van der Waals surface area contributed by atoms with Gasteiger partial charge < -0.3 is 9.26 Å². The Labute approximate surface area is 127 Å². The molecule has 0 saturated heterocycles. The maximum atomic E-state index is 12.8. The molecule has 0 spiro atoms. The SMILES string of the molecule is COc1ccc(Cl)cc1S(=O)(=O)N1CCc2oncc2C1. The van der Waals surface area contributed by atoms with Crippen molar-refractivity contribution in [1.29, 1.82) is 0 Å². The number of aromatic nitrogens is 1. The highest BCUT2D eigenvalue weighted by Crippen LogP contribution is 2.32. The zero-order valence-electron chi connectivity index (χ0n) is 11.2. The molecule has 2 aromatic rings. The average Bonchev–Trinajstić information content (AvgIpc) is 2.94. The third kappa shape index (κ3) is 2.52. The Balaban J connectivity index is 2.00. The van der Waals surface area contributed by atoms with Crippen molar-refractivity contribution in [2.24, 2.45) is 0 Å². The predicted octanol–water partition coefficient (Wildman–Crippen LogP) is 2.08. The molecule has 3 rings (SSSR count). The van der Waals surface area contributed by atoms with Crippen molar-refractivity contribution in [3.8, 4) is 5.75 Å². The van der Waals surface area contributed by atoms with E-state index in [1.54, 1.807) is 18.3 Å². The van der Waals surface area contributed by atoms with Crippen molar-refractivity contribution < 1.29 is 17.7 Å². The van der Waals surface area contributed by atoms with Crippen LogP contribution in [0.15, 0.2) is 33.8 Å². The van der Waals surface area contributed by atoms with Crippen molar-refractivity contribution in [2.45, 2.75) is 17.9 Å². The lowest BCUT2D eigenvalue weighted by molar-refractivity contribution is 0.329. The van der Waals surface area contributed by atoms with Gasteiger partial charge in [-0.05, 0) is 18.2 Å². The summed E-state index contributed by atoms with van der Waals surface area (Å²) in [6, 6.07) is 4.54. The Morgan fingerprint density at radius 3 is 3.00 bits per heavy atom. The highest BCUT2D eigenvalue weighted by Gasteiger charge is 2.32. The third-order valence-electron chi connectivity index (χ3n) is 3.41. The highest BCUT2D eigenvalue weighted by molar-refractivity contribution is 7.89. The number of ether oxygens (including phenoxy) is 1. The number of benzene rings is 1. The molecule has 6 nitrogen and oxygen atoms in total. The van der Waals surface area contributed by atoms with Gasteiger partial charge in [0.1, 0.15) is 16.4 Å². The molecule has 0 radical (unpaired) electrons. The van der Waals surface area contributed by atoms with Gasteiger partial charge in [0.05, 0.1) is 13.3 Å². The van der Waals surface area contributed by atoms with E-state index in [0.717, 1.165) is 11.3 Å². The van der Waals surface area contributed by atoms with Gasteiger partial charge in [0, 0.05) is 30.1 Å². The van der Waals surface area contributed by atoms with Gasteiger partial charge in [-0.15, -0.1) is 0 Å². The molecule has 1 aromatic carbocycles. The number of sulfonamides is 1. The summed E-state index contributed by atoms with van der Waals surface area (Å²) in [5.41, 5.74) is 0.783. The summed E-state index contributed by atoms with van der Waals surface area (Å²) in [7, 11) is -2.27. The molecule has 0 bridgehead atoms. The summed E-state index contributed by atoms with van der Waals surface area (Å²) in [6.07, 6.45) is 2.05. The molecule has 0 amide bonds. The summed E-state index contributed by atoms with van der Waals surface area (Å²) < 4.78 is 37.2. The molecule has 0 N–H and O–H groups in total. The van der Waals surface area contributed by atoms with E-state index in [4.69, 9.17) is 20.9 Å². The fraction of sp³-hybridized carbons (Fsp3) is 0.308. The van der Waals surface area contributed by atoms with E-state index >= 15 is 0 Å². The Hall–Kier alpha value is -1.57. The lowest BCUT2D eigenvalue weighted by atomic mass is 10.1. The third-order valence-corrected chi connectivity index (χ3v) is 5.51. The standard InChI is InChI=1S/C13H13ClN2O4S/c1-19-12-3-2-10(14)6-13(12)21(17,18)16-5-4-11-9(8-16)7-15-20-11/h2-3,6-7H,4-5,8H2,1H3. The van der Waals surface area contributed by atoms with E-state index in [9.17, 15) is 8.42 Å². The Kier molecular flexibility index (Phi) is 3.64. The summed E-state index contributed by atoms with van der Waals surface area (Å²) in [5, 5.41) is 4.04. The van der Waals surface area contributed by atoms with E-state index in [1.807, 2.05) is 0 Å². The van der Waals surface area contributed by atoms with Gasteiger partial charge in [0.15, 0.2) is 0 Å².